The highest BCUT2D eigenvalue weighted by molar-refractivity contribution is 5.79. The van der Waals surface area contributed by atoms with Crippen LogP contribution in [-0.2, 0) is 19.1 Å². The lowest BCUT2D eigenvalue weighted by Crippen LogP contribution is -2.39. The quantitative estimate of drug-likeness (QED) is 0.478. The van der Waals surface area contributed by atoms with E-state index >= 15 is 0 Å². The lowest BCUT2D eigenvalue weighted by molar-refractivity contribution is -0.148. The Morgan fingerprint density at radius 3 is 2.38 bits per heavy atom. The van der Waals surface area contributed by atoms with E-state index in [1.165, 1.54) is 17.6 Å². The Morgan fingerprint density at radius 2 is 1.72 bits per heavy atom. The summed E-state index contributed by atoms with van der Waals surface area (Å²) in [4.78, 5) is 23.3. The molecule has 4 rings (SSSR count). The van der Waals surface area contributed by atoms with E-state index in [2.05, 4.69) is 33.6 Å². The highest BCUT2D eigenvalue weighted by Gasteiger charge is 2.54. The van der Waals surface area contributed by atoms with E-state index in [1.54, 1.807) is 0 Å². The summed E-state index contributed by atoms with van der Waals surface area (Å²) in [5, 5.41) is 0. The average Bonchev–Trinajstić information content (AvgIpc) is 3.22. The molecule has 4 aliphatic rings. The minimum Gasteiger partial charge on any atom is -0.465 e. The topological polar surface area (TPSA) is 52.6 Å². The van der Waals surface area contributed by atoms with Gasteiger partial charge in [-0.1, -0.05) is 30.4 Å². The van der Waals surface area contributed by atoms with Crippen LogP contribution in [0.4, 0.5) is 0 Å². The monoisotopic (exact) mass is 400 g/mol. The standard InChI is InChI=1S/C14H20O2.C11H16O2/c1-4-7-14-8-11(10(2)3)5-6-12(14)9-16-13(14)15;1-7(2)8-3-4-9-6-13-11(12)10(9)5-8/h4,11-12H,1-2,5-9H2,3H3;8-10H,1,3-6H2,2H3/t11-,12+,14+;8-,9+,10-/m00/s1. The number of cyclic esters (lactones) is 2. The van der Waals surface area contributed by atoms with E-state index in [0.717, 1.165) is 38.5 Å². The molecule has 0 amide bonds. The van der Waals surface area contributed by atoms with E-state index < -0.39 is 0 Å². The Hall–Kier alpha value is -1.84. The van der Waals surface area contributed by atoms with Gasteiger partial charge < -0.3 is 9.47 Å². The molecule has 0 aromatic carbocycles. The fraction of sp³-hybridized carbons (Fsp3) is 0.680. The molecule has 4 fully saturated rings. The van der Waals surface area contributed by atoms with Gasteiger partial charge in [0.1, 0.15) is 0 Å². The number of fused-ring (bicyclic) bond motifs is 2. The molecular formula is C25H36O4. The summed E-state index contributed by atoms with van der Waals surface area (Å²) in [7, 11) is 0. The third kappa shape index (κ3) is 4.36. The molecule has 0 aromatic rings. The predicted molar refractivity (Wildman–Crippen MR) is 114 cm³/mol. The van der Waals surface area contributed by atoms with Gasteiger partial charge in [-0.15, -0.1) is 6.58 Å². The Kier molecular flexibility index (Phi) is 6.70. The molecular weight excluding hydrogens is 364 g/mol. The maximum atomic E-state index is 12.0. The Labute approximate surface area is 175 Å². The van der Waals surface area contributed by atoms with Crippen molar-refractivity contribution in [3.8, 4) is 0 Å². The molecule has 0 N–H and O–H groups in total. The van der Waals surface area contributed by atoms with Crippen LogP contribution < -0.4 is 0 Å². The molecule has 4 heteroatoms. The third-order valence-corrected chi connectivity index (χ3v) is 7.72. The molecule has 6 atom stereocenters. The Morgan fingerprint density at radius 1 is 1.03 bits per heavy atom. The van der Waals surface area contributed by atoms with E-state index in [4.69, 9.17) is 9.47 Å². The van der Waals surface area contributed by atoms with Crippen molar-refractivity contribution in [1.29, 1.82) is 0 Å². The number of carbonyl (C=O) groups excluding carboxylic acids is 2. The van der Waals surface area contributed by atoms with Crippen LogP contribution in [-0.4, -0.2) is 25.2 Å². The number of rotatable bonds is 4. The van der Waals surface area contributed by atoms with Gasteiger partial charge >= 0.3 is 11.9 Å². The first kappa shape index (κ1) is 21.9. The molecule has 0 radical (unpaired) electrons. The van der Waals surface area contributed by atoms with Gasteiger partial charge in [0.15, 0.2) is 0 Å². The van der Waals surface area contributed by atoms with E-state index in [9.17, 15) is 9.59 Å². The molecule has 2 aliphatic carbocycles. The van der Waals surface area contributed by atoms with Crippen molar-refractivity contribution < 1.29 is 19.1 Å². The zero-order valence-electron chi connectivity index (χ0n) is 18.1. The highest BCUT2D eigenvalue weighted by Crippen LogP contribution is 2.52. The van der Waals surface area contributed by atoms with Crippen molar-refractivity contribution in [2.24, 2.45) is 35.0 Å². The second-order valence-electron chi connectivity index (χ2n) is 9.62. The maximum Gasteiger partial charge on any atom is 0.312 e. The molecule has 2 heterocycles. The van der Waals surface area contributed by atoms with Crippen molar-refractivity contribution in [1.82, 2.24) is 0 Å². The van der Waals surface area contributed by atoms with Crippen LogP contribution in [0.25, 0.3) is 0 Å². The van der Waals surface area contributed by atoms with Gasteiger partial charge in [0.25, 0.3) is 0 Å². The third-order valence-electron chi connectivity index (χ3n) is 7.72. The van der Waals surface area contributed by atoms with Crippen LogP contribution in [0.3, 0.4) is 0 Å². The van der Waals surface area contributed by atoms with E-state index in [1.807, 2.05) is 6.08 Å². The van der Waals surface area contributed by atoms with Gasteiger partial charge in [0.2, 0.25) is 0 Å². The smallest absolute Gasteiger partial charge is 0.312 e. The molecule has 29 heavy (non-hydrogen) atoms. The molecule has 2 aliphatic heterocycles. The van der Waals surface area contributed by atoms with Crippen molar-refractivity contribution in [3.63, 3.8) is 0 Å². The lowest BCUT2D eigenvalue weighted by Gasteiger charge is -2.39. The normalized spacial score (nSPS) is 37.9. The Bertz CT molecular complexity index is 693. The zero-order valence-corrected chi connectivity index (χ0v) is 18.1. The number of carbonyl (C=O) groups is 2. The van der Waals surface area contributed by atoms with Gasteiger partial charge in [-0.2, -0.15) is 0 Å². The fourth-order valence-corrected chi connectivity index (χ4v) is 5.68. The van der Waals surface area contributed by atoms with Crippen LogP contribution in [0.2, 0.25) is 0 Å². The van der Waals surface area contributed by atoms with Crippen LogP contribution in [0.15, 0.2) is 37.0 Å². The summed E-state index contributed by atoms with van der Waals surface area (Å²) in [6, 6.07) is 0. The zero-order chi connectivity index (χ0) is 21.2. The van der Waals surface area contributed by atoms with E-state index in [0.29, 0.717) is 36.9 Å². The first-order valence-electron chi connectivity index (χ1n) is 11.0. The second kappa shape index (κ2) is 8.89. The van der Waals surface area contributed by atoms with E-state index in [-0.39, 0.29) is 23.3 Å². The minimum atomic E-state index is -0.288. The molecule has 0 unspecified atom stereocenters. The largest absolute Gasteiger partial charge is 0.465 e. The fourth-order valence-electron chi connectivity index (χ4n) is 5.68. The lowest BCUT2D eigenvalue weighted by atomic mass is 9.61. The predicted octanol–water partition coefficient (Wildman–Crippen LogP) is 5.25. The number of allylic oxidation sites excluding steroid dienone is 3. The molecule has 160 valence electrons. The number of ether oxygens (including phenoxy) is 2. The SMILES string of the molecule is C=C(C)[C@H]1CC[C@@H]2COC(=O)[C@H]2C1.C=CC[C@@]12C[C@@H](C(=C)C)CC[C@@H]1COC2=O. The van der Waals surface area contributed by atoms with Crippen LogP contribution in [0.1, 0.15) is 58.8 Å². The van der Waals surface area contributed by atoms with Crippen LogP contribution >= 0.6 is 0 Å². The Balaban J connectivity index is 0.000000169. The molecule has 0 spiro atoms. The van der Waals surface area contributed by atoms with Gasteiger partial charge in [-0.05, 0) is 70.6 Å². The van der Waals surface area contributed by atoms with Gasteiger partial charge in [-0.3, -0.25) is 9.59 Å². The molecule has 0 bridgehead atoms. The molecule has 4 nitrogen and oxygen atoms in total. The van der Waals surface area contributed by atoms with Crippen molar-refractivity contribution in [2.75, 3.05) is 13.2 Å². The van der Waals surface area contributed by atoms with Gasteiger partial charge in [0, 0.05) is 11.8 Å². The van der Waals surface area contributed by atoms with Crippen LogP contribution in [0, 0.1) is 35.0 Å². The maximum absolute atomic E-state index is 12.0. The summed E-state index contributed by atoms with van der Waals surface area (Å²) < 4.78 is 10.3. The summed E-state index contributed by atoms with van der Waals surface area (Å²) in [5.41, 5.74) is 2.13. The molecule has 0 aromatic heterocycles. The first-order valence-corrected chi connectivity index (χ1v) is 11.0. The highest BCUT2D eigenvalue weighted by atomic mass is 16.5. The summed E-state index contributed by atoms with van der Waals surface area (Å²) in [6.07, 6.45) is 9.03. The van der Waals surface area contributed by atoms with Crippen LogP contribution in [0.5, 0.6) is 0 Å². The van der Waals surface area contributed by atoms with Crippen molar-refractivity contribution >= 4 is 11.9 Å². The van der Waals surface area contributed by atoms with Gasteiger partial charge in [0.05, 0.1) is 24.5 Å². The minimum absolute atomic E-state index is 0.0108. The summed E-state index contributed by atoms with van der Waals surface area (Å²) in [5.74, 6) is 2.11. The van der Waals surface area contributed by atoms with Crippen molar-refractivity contribution in [3.05, 3.63) is 37.0 Å². The average molecular weight is 401 g/mol. The number of hydrogen-bond donors (Lipinski definition) is 0. The second-order valence-corrected chi connectivity index (χ2v) is 9.62. The van der Waals surface area contributed by atoms with Gasteiger partial charge in [-0.25, -0.2) is 0 Å². The molecule has 2 saturated carbocycles. The summed E-state index contributed by atoms with van der Waals surface area (Å²) in [6.45, 7) is 17.2. The number of esters is 2. The van der Waals surface area contributed by atoms with Crippen molar-refractivity contribution in [2.45, 2.75) is 58.8 Å². The summed E-state index contributed by atoms with van der Waals surface area (Å²) >= 11 is 0. The molecule has 2 saturated heterocycles. The first-order chi connectivity index (χ1) is 13.8. The number of hydrogen-bond acceptors (Lipinski definition) is 4.